The molecule has 5 heteroatoms. The third-order valence-electron chi connectivity index (χ3n) is 3.02. The van der Waals surface area contributed by atoms with Crippen molar-refractivity contribution in [3.63, 3.8) is 0 Å². The highest BCUT2D eigenvalue weighted by atomic mass is 35.5. The minimum atomic E-state index is 0.272. The van der Waals surface area contributed by atoms with Crippen molar-refractivity contribution in [2.75, 3.05) is 38.1 Å². The number of hydrogen-bond donors (Lipinski definition) is 2. The van der Waals surface area contributed by atoms with Crippen LogP contribution >= 0.6 is 23.2 Å². The maximum absolute atomic E-state index is 8.78. The summed E-state index contributed by atoms with van der Waals surface area (Å²) in [5.41, 5.74) is 0.876. The third-order valence-corrected chi connectivity index (χ3v) is 3.84. The number of hydrogen-bond acceptors (Lipinski definition) is 3. The van der Waals surface area contributed by atoms with Crippen molar-refractivity contribution in [2.24, 2.45) is 0 Å². The van der Waals surface area contributed by atoms with Crippen molar-refractivity contribution in [3.05, 3.63) is 28.2 Å². The van der Waals surface area contributed by atoms with Gasteiger partial charge in [0, 0.05) is 19.7 Å². The van der Waals surface area contributed by atoms with Crippen LogP contribution in [0.3, 0.4) is 0 Å². The molecule has 0 atom stereocenters. The van der Waals surface area contributed by atoms with Crippen molar-refractivity contribution in [3.8, 4) is 0 Å². The Labute approximate surface area is 125 Å². The number of benzene rings is 1. The molecule has 0 unspecified atom stereocenters. The molecule has 0 aliphatic carbocycles. The lowest BCUT2D eigenvalue weighted by Crippen LogP contribution is -2.30. The fraction of sp³-hybridized carbons (Fsp3) is 0.571. The molecule has 19 heavy (non-hydrogen) atoms. The summed E-state index contributed by atoms with van der Waals surface area (Å²) in [7, 11) is 0. The Bertz CT molecular complexity index is 374. The van der Waals surface area contributed by atoms with E-state index in [1.807, 2.05) is 12.1 Å². The second-order valence-electron chi connectivity index (χ2n) is 4.39. The highest BCUT2D eigenvalue weighted by Crippen LogP contribution is 2.29. The minimum absolute atomic E-state index is 0.272. The first-order valence-electron chi connectivity index (χ1n) is 6.70. The van der Waals surface area contributed by atoms with Crippen LogP contribution in [0.5, 0.6) is 0 Å². The van der Waals surface area contributed by atoms with Gasteiger partial charge in [0.2, 0.25) is 0 Å². The second-order valence-corrected chi connectivity index (χ2v) is 5.18. The number of aliphatic hydroxyl groups excluding tert-OH is 1. The Morgan fingerprint density at radius 2 is 2.00 bits per heavy atom. The van der Waals surface area contributed by atoms with Crippen LogP contribution in [-0.4, -0.2) is 42.8 Å². The predicted molar refractivity (Wildman–Crippen MR) is 83.4 cm³/mol. The molecule has 0 spiro atoms. The van der Waals surface area contributed by atoms with E-state index in [-0.39, 0.29) is 6.61 Å². The van der Waals surface area contributed by atoms with E-state index in [1.54, 1.807) is 6.07 Å². The number of anilines is 1. The molecule has 0 bridgehead atoms. The molecule has 108 valence electrons. The average Bonchev–Trinajstić information content (AvgIpc) is 2.42. The summed E-state index contributed by atoms with van der Waals surface area (Å²) in [6.45, 7) is 6.22. The Balaban J connectivity index is 2.33. The first kappa shape index (κ1) is 16.6. The molecule has 1 rings (SSSR count). The highest BCUT2D eigenvalue weighted by Gasteiger charge is 2.05. The van der Waals surface area contributed by atoms with E-state index in [1.165, 1.54) is 0 Å². The van der Waals surface area contributed by atoms with Gasteiger partial charge < -0.3 is 15.3 Å². The standard InChI is InChI=1S/C14H22Cl2N2O/c1-2-18(9-3-4-11-19)10-8-17-13-7-5-6-12(15)14(13)16/h5-7,17,19H,2-4,8-11H2,1H3. The molecule has 0 heterocycles. The highest BCUT2D eigenvalue weighted by molar-refractivity contribution is 6.43. The summed E-state index contributed by atoms with van der Waals surface area (Å²) < 4.78 is 0. The fourth-order valence-electron chi connectivity index (χ4n) is 1.86. The normalized spacial score (nSPS) is 11.0. The molecule has 0 amide bonds. The van der Waals surface area contributed by atoms with E-state index in [0.29, 0.717) is 10.0 Å². The molecular weight excluding hydrogens is 283 g/mol. The number of halogens is 2. The zero-order chi connectivity index (χ0) is 14.1. The summed E-state index contributed by atoms with van der Waals surface area (Å²) in [4.78, 5) is 2.35. The van der Waals surface area contributed by atoms with Gasteiger partial charge in [0.05, 0.1) is 15.7 Å². The monoisotopic (exact) mass is 304 g/mol. The van der Waals surface area contributed by atoms with Crippen molar-refractivity contribution in [2.45, 2.75) is 19.8 Å². The van der Waals surface area contributed by atoms with Gasteiger partial charge in [-0.25, -0.2) is 0 Å². The quantitative estimate of drug-likeness (QED) is 0.685. The Morgan fingerprint density at radius 1 is 1.21 bits per heavy atom. The van der Waals surface area contributed by atoms with Gasteiger partial charge in [0.1, 0.15) is 0 Å². The van der Waals surface area contributed by atoms with Gasteiger partial charge in [0.25, 0.3) is 0 Å². The van der Waals surface area contributed by atoms with Crippen LogP contribution in [0.4, 0.5) is 5.69 Å². The van der Waals surface area contributed by atoms with Gasteiger partial charge in [-0.2, -0.15) is 0 Å². The molecule has 0 aliphatic heterocycles. The van der Waals surface area contributed by atoms with Crippen LogP contribution in [0.1, 0.15) is 19.8 Å². The van der Waals surface area contributed by atoms with Crippen molar-refractivity contribution in [1.82, 2.24) is 4.90 Å². The minimum Gasteiger partial charge on any atom is -0.396 e. The van der Waals surface area contributed by atoms with E-state index in [4.69, 9.17) is 28.3 Å². The first-order chi connectivity index (χ1) is 9.19. The molecule has 0 aromatic heterocycles. The predicted octanol–water partition coefficient (Wildman–Crippen LogP) is 3.50. The van der Waals surface area contributed by atoms with Gasteiger partial charge in [-0.1, -0.05) is 36.2 Å². The molecule has 0 fully saturated rings. The van der Waals surface area contributed by atoms with Crippen LogP contribution in [0.25, 0.3) is 0 Å². The van der Waals surface area contributed by atoms with Crippen LogP contribution in [0.2, 0.25) is 10.0 Å². The number of nitrogens with one attached hydrogen (secondary N) is 1. The molecule has 0 radical (unpaired) electrons. The maximum atomic E-state index is 8.78. The lowest BCUT2D eigenvalue weighted by molar-refractivity contribution is 0.252. The number of unbranched alkanes of at least 4 members (excludes halogenated alkanes) is 1. The summed E-state index contributed by atoms with van der Waals surface area (Å²) in [6.07, 6.45) is 1.90. The summed E-state index contributed by atoms with van der Waals surface area (Å²) >= 11 is 12.1. The Morgan fingerprint density at radius 3 is 2.68 bits per heavy atom. The van der Waals surface area contributed by atoms with Crippen molar-refractivity contribution in [1.29, 1.82) is 0 Å². The lowest BCUT2D eigenvalue weighted by Gasteiger charge is -2.21. The van der Waals surface area contributed by atoms with Crippen LogP contribution in [0.15, 0.2) is 18.2 Å². The number of nitrogens with zero attached hydrogens (tertiary/aromatic N) is 1. The lowest BCUT2D eigenvalue weighted by atomic mass is 10.3. The SMILES string of the molecule is CCN(CCCCO)CCNc1cccc(Cl)c1Cl. The molecule has 0 saturated carbocycles. The largest absolute Gasteiger partial charge is 0.396 e. The van der Waals surface area contributed by atoms with E-state index < -0.39 is 0 Å². The molecule has 0 saturated heterocycles. The van der Waals surface area contributed by atoms with E-state index >= 15 is 0 Å². The van der Waals surface area contributed by atoms with E-state index in [0.717, 1.165) is 44.7 Å². The van der Waals surface area contributed by atoms with Gasteiger partial charge in [-0.05, 0) is 38.1 Å². The average molecular weight is 305 g/mol. The molecule has 3 nitrogen and oxygen atoms in total. The molecule has 2 N–H and O–H groups in total. The fourth-order valence-corrected chi connectivity index (χ4v) is 2.23. The maximum Gasteiger partial charge on any atom is 0.0823 e. The Kier molecular flexibility index (Phi) is 8.22. The number of likely N-dealkylation sites (N-methyl/N-ethyl adjacent to an activating group) is 1. The van der Waals surface area contributed by atoms with E-state index in [9.17, 15) is 0 Å². The third kappa shape index (κ3) is 6.00. The molecular formula is C14H22Cl2N2O. The Hall–Kier alpha value is -0.480. The second kappa shape index (κ2) is 9.43. The van der Waals surface area contributed by atoms with Gasteiger partial charge in [-0.3, -0.25) is 0 Å². The van der Waals surface area contributed by atoms with Gasteiger partial charge in [0.15, 0.2) is 0 Å². The zero-order valence-electron chi connectivity index (χ0n) is 11.3. The smallest absolute Gasteiger partial charge is 0.0823 e. The molecule has 1 aromatic rings. The van der Waals surface area contributed by atoms with Crippen molar-refractivity contribution >= 4 is 28.9 Å². The van der Waals surface area contributed by atoms with Crippen LogP contribution in [0, 0.1) is 0 Å². The first-order valence-corrected chi connectivity index (χ1v) is 7.45. The van der Waals surface area contributed by atoms with Crippen molar-refractivity contribution < 1.29 is 5.11 Å². The molecule has 0 aliphatic rings. The van der Waals surface area contributed by atoms with Crippen LogP contribution < -0.4 is 5.32 Å². The number of rotatable bonds is 9. The van der Waals surface area contributed by atoms with Crippen LogP contribution in [-0.2, 0) is 0 Å². The topological polar surface area (TPSA) is 35.5 Å². The summed E-state index contributed by atoms with van der Waals surface area (Å²) in [6, 6.07) is 5.59. The zero-order valence-corrected chi connectivity index (χ0v) is 12.8. The van der Waals surface area contributed by atoms with Gasteiger partial charge >= 0.3 is 0 Å². The summed E-state index contributed by atoms with van der Waals surface area (Å²) in [5, 5.41) is 13.2. The summed E-state index contributed by atoms with van der Waals surface area (Å²) in [5.74, 6) is 0. The molecule has 1 aromatic carbocycles. The van der Waals surface area contributed by atoms with Gasteiger partial charge in [-0.15, -0.1) is 0 Å². The van der Waals surface area contributed by atoms with E-state index in [2.05, 4.69) is 17.1 Å². The number of aliphatic hydroxyl groups is 1.